The zero-order chi connectivity index (χ0) is 11.0. The number of nitrogens with one attached hydrogen (secondary N) is 1. The van der Waals surface area contributed by atoms with E-state index in [0.717, 1.165) is 6.42 Å². The van der Waals surface area contributed by atoms with Crippen LogP contribution in [0.3, 0.4) is 0 Å². The smallest absolute Gasteiger partial charge is 0.253 e. The minimum Gasteiger partial charge on any atom is -0.550 e. The van der Waals surface area contributed by atoms with Gasteiger partial charge in [-0.1, -0.05) is 6.92 Å². The van der Waals surface area contributed by atoms with Gasteiger partial charge in [0.1, 0.15) is 12.4 Å². The molecule has 5 heteroatoms. The van der Waals surface area contributed by atoms with Crippen molar-refractivity contribution in [2.24, 2.45) is 12.8 Å². The fourth-order valence-corrected chi connectivity index (χ4v) is 0.906. The number of carbonyl (C=O) groups excluding carboxylic acids is 1. The fourth-order valence-electron chi connectivity index (χ4n) is 0.906. The van der Waals surface area contributed by atoms with E-state index in [2.05, 4.69) is 16.5 Å². The summed E-state index contributed by atoms with van der Waals surface area (Å²) >= 11 is 0. The monoisotopic (exact) mass is 199 g/mol. The molecule has 80 valence electrons. The van der Waals surface area contributed by atoms with Gasteiger partial charge in [0.2, 0.25) is 0 Å². The third-order valence-electron chi connectivity index (χ3n) is 1.66. The van der Waals surface area contributed by atoms with Crippen molar-refractivity contribution >= 4 is 5.97 Å². The number of carboxylic acid groups (broad SMARTS) is 1. The maximum atomic E-state index is 9.41. The molecule has 1 heterocycles. The van der Waals surface area contributed by atoms with Crippen molar-refractivity contribution in [1.82, 2.24) is 4.98 Å². The highest BCUT2D eigenvalue weighted by atomic mass is 16.4. The maximum Gasteiger partial charge on any atom is 0.253 e. The third-order valence-corrected chi connectivity index (χ3v) is 1.66. The molecule has 5 nitrogen and oxygen atoms in total. The summed E-state index contributed by atoms with van der Waals surface area (Å²) in [5, 5.41) is 9.41. The lowest BCUT2D eigenvalue weighted by atomic mass is 10.5. The number of H-pyrrole nitrogens is 1. The average Bonchev–Trinajstić information content (AvgIpc) is 2.51. The normalized spacial score (nSPS) is 9.07. The van der Waals surface area contributed by atoms with Gasteiger partial charge in [-0.2, -0.15) is 0 Å². The Kier molecular flexibility index (Phi) is 6.39. The van der Waals surface area contributed by atoms with Crippen molar-refractivity contribution in [3.05, 3.63) is 18.2 Å². The predicted molar refractivity (Wildman–Crippen MR) is 50.0 cm³/mol. The first-order chi connectivity index (χ1) is 6.61. The van der Waals surface area contributed by atoms with Gasteiger partial charge in [0.05, 0.1) is 7.05 Å². The highest BCUT2D eigenvalue weighted by molar-refractivity contribution is 5.64. The Morgan fingerprint density at radius 3 is 2.50 bits per heavy atom. The topological polar surface area (TPSA) is 85.8 Å². The molecule has 0 unspecified atom stereocenters. The number of aliphatic carboxylic acids is 1. The molecule has 0 aliphatic rings. The highest BCUT2D eigenvalue weighted by Gasteiger charge is 1.99. The van der Waals surface area contributed by atoms with Crippen LogP contribution in [-0.4, -0.2) is 17.5 Å². The Bertz CT molecular complexity index is 271. The Morgan fingerprint density at radius 1 is 1.71 bits per heavy atom. The number of nitrogens with zero attached hydrogens (tertiary/aromatic N) is 1. The molecule has 0 fully saturated rings. The molecule has 0 bridgehead atoms. The number of aromatic amines is 1. The van der Waals surface area contributed by atoms with Gasteiger partial charge in [-0.05, 0) is 13.0 Å². The molecule has 0 saturated carbocycles. The van der Waals surface area contributed by atoms with Crippen LogP contribution >= 0.6 is 0 Å². The molecule has 0 spiro atoms. The zero-order valence-corrected chi connectivity index (χ0v) is 8.62. The van der Waals surface area contributed by atoms with E-state index in [1.165, 1.54) is 5.82 Å². The second kappa shape index (κ2) is 7.08. The minimum atomic E-state index is -1.09. The molecule has 0 aromatic carbocycles. The maximum absolute atomic E-state index is 9.41. The molecule has 3 N–H and O–H groups in total. The van der Waals surface area contributed by atoms with E-state index >= 15 is 0 Å². The van der Waals surface area contributed by atoms with Gasteiger partial charge in [0.15, 0.2) is 0 Å². The quantitative estimate of drug-likeness (QED) is 0.580. The van der Waals surface area contributed by atoms with Crippen LogP contribution in [0.25, 0.3) is 0 Å². The first-order valence-electron chi connectivity index (χ1n) is 4.53. The number of imidazole rings is 1. The van der Waals surface area contributed by atoms with Crippen molar-refractivity contribution < 1.29 is 14.5 Å². The van der Waals surface area contributed by atoms with Gasteiger partial charge in [0, 0.05) is 12.4 Å². The molecule has 0 atom stereocenters. The largest absolute Gasteiger partial charge is 0.550 e. The van der Waals surface area contributed by atoms with E-state index in [4.69, 9.17) is 5.73 Å². The van der Waals surface area contributed by atoms with E-state index in [0.29, 0.717) is 0 Å². The summed E-state index contributed by atoms with van der Waals surface area (Å²) in [5.74, 6) is 0.183. The predicted octanol–water partition coefficient (Wildman–Crippen LogP) is -1.51. The van der Waals surface area contributed by atoms with E-state index in [1.807, 2.05) is 19.4 Å². The van der Waals surface area contributed by atoms with E-state index in [1.54, 1.807) is 0 Å². The van der Waals surface area contributed by atoms with Crippen molar-refractivity contribution in [2.45, 2.75) is 19.8 Å². The standard InChI is InChI=1S/C6H10N2.C3H7NO2/c1-3-6-7-4-5-8(6)2;4-2-1-3(5)6/h4-5H,3H2,1-2H3;1-2,4H2,(H,5,6). The van der Waals surface area contributed by atoms with Gasteiger partial charge >= 0.3 is 0 Å². The molecular formula is C9H17N3O2. The van der Waals surface area contributed by atoms with Crippen LogP contribution in [0, 0.1) is 0 Å². The second-order valence-corrected chi connectivity index (χ2v) is 2.78. The number of aromatic nitrogens is 2. The molecular weight excluding hydrogens is 182 g/mol. The Labute approximate surface area is 83.6 Å². The number of carboxylic acids is 1. The van der Waals surface area contributed by atoms with Crippen LogP contribution in [-0.2, 0) is 18.3 Å². The number of hydrogen-bond acceptors (Lipinski definition) is 3. The van der Waals surface area contributed by atoms with Gasteiger partial charge in [0.25, 0.3) is 5.82 Å². The number of carbonyl (C=O) groups is 1. The number of hydrogen-bond donors (Lipinski definition) is 2. The van der Waals surface area contributed by atoms with Crippen molar-refractivity contribution in [1.29, 1.82) is 0 Å². The van der Waals surface area contributed by atoms with E-state index in [-0.39, 0.29) is 13.0 Å². The lowest BCUT2D eigenvalue weighted by Crippen LogP contribution is -2.29. The summed E-state index contributed by atoms with van der Waals surface area (Å²) in [6, 6.07) is 0. The molecule has 0 aliphatic heterocycles. The molecule has 0 radical (unpaired) electrons. The fraction of sp³-hybridized carbons (Fsp3) is 0.556. The molecule has 0 saturated heterocycles. The zero-order valence-electron chi connectivity index (χ0n) is 8.62. The third kappa shape index (κ3) is 5.31. The molecule has 1 aromatic rings. The van der Waals surface area contributed by atoms with Crippen LogP contribution in [0.5, 0.6) is 0 Å². The van der Waals surface area contributed by atoms with Crippen LogP contribution in [0.1, 0.15) is 19.2 Å². The van der Waals surface area contributed by atoms with Crippen molar-refractivity contribution in [2.75, 3.05) is 6.54 Å². The molecule has 14 heavy (non-hydrogen) atoms. The Morgan fingerprint density at radius 2 is 2.36 bits per heavy atom. The van der Waals surface area contributed by atoms with Crippen LogP contribution < -0.4 is 15.4 Å². The first-order valence-corrected chi connectivity index (χ1v) is 4.53. The molecule has 1 rings (SSSR count). The first kappa shape index (κ1) is 12.6. The molecule has 1 aromatic heterocycles. The second-order valence-electron chi connectivity index (χ2n) is 2.78. The van der Waals surface area contributed by atoms with Crippen LogP contribution in [0.2, 0.25) is 0 Å². The van der Waals surface area contributed by atoms with Gasteiger partial charge in [-0.25, -0.2) is 9.55 Å². The Hall–Kier alpha value is -1.36. The number of nitrogens with two attached hydrogens (primary N) is 1. The van der Waals surface area contributed by atoms with E-state index < -0.39 is 5.97 Å². The molecule has 0 aliphatic carbocycles. The summed E-state index contributed by atoms with van der Waals surface area (Å²) in [6.45, 7) is 2.30. The minimum absolute atomic E-state index is 0.0417. The van der Waals surface area contributed by atoms with Crippen molar-refractivity contribution in [3.63, 3.8) is 0 Å². The summed E-state index contributed by atoms with van der Waals surface area (Å²) in [6.07, 6.45) is 4.99. The van der Waals surface area contributed by atoms with Gasteiger partial charge in [-0.15, -0.1) is 0 Å². The summed E-state index contributed by atoms with van der Waals surface area (Å²) in [4.78, 5) is 12.5. The lowest BCUT2D eigenvalue weighted by Gasteiger charge is -1.92. The number of aryl methyl sites for hydroxylation is 2. The summed E-state index contributed by atoms with van der Waals surface area (Å²) < 4.78 is 2.08. The van der Waals surface area contributed by atoms with Crippen molar-refractivity contribution in [3.8, 4) is 0 Å². The SMILES string of the molecule is CCc1[nH]cc[n+]1C.NCCC(=O)[O-]. The van der Waals surface area contributed by atoms with E-state index in [9.17, 15) is 9.90 Å². The van der Waals surface area contributed by atoms with Gasteiger partial charge < -0.3 is 15.6 Å². The van der Waals surface area contributed by atoms with Crippen LogP contribution in [0.15, 0.2) is 12.4 Å². The Balaban J connectivity index is 0.000000255. The molecule has 0 amide bonds. The van der Waals surface area contributed by atoms with Gasteiger partial charge in [-0.3, -0.25) is 0 Å². The summed E-state index contributed by atoms with van der Waals surface area (Å²) in [5.41, 5.74) is 4.81. The highest BCUT2D eigenvalue weighted by Crippen LogP contribution is 1.82. The average molecular weight is 199 g/mol. The van der Waals surface area contributed by atoms with Crippen LogP contribution in [0.4, 0.5) is 0 Å². The summed E-state index contributed by atoms with van der Waals surface area (Å²) in [7, 11) is 2.04. The lowest BCUT2D eigenvalue weighted by molar-refractivity contribution is -0.677. The number of rotatable bonds is 3.